The Morgan fingerprint density at radius 3 is 2.10 bits per heavy atom. The molecule has 0 bridgehead atoms. The van der Waals surface area contributed by atoms with Gasteiger partial charge in [0.25, 0.3) is 0 Å². The van der Waals surface area contributed by atoms with Gasteiger partial charge in [0.1, 0.15) is 11.5 Å². The fourth-order valence-corrected chi connectivity index (χ4v) is 4.16. The molecule has 0 amide bonds. The number of halogens is 2. The molecule has 4 aromatic carbocycles. The Labute approximate surface area is 197 Å². The van der Waals surface area contributed by atoms with E-state index in [4.69, 9.17) is 16.3 Å². The molecular weight excluding hydrogens is 468 g/mol. The first kappa shape index (κ1) is 21.7. The van der Waals surface area contributed by atoms with Gasteiger partial charge in [-0.15, -0.1) is 0 Å². The largest absolute Gasteiger partial charge is 0.457 e. The minimum atomic E-state index is 0.131. The van der Waals surface area contributed by atoms with Crippen LogP contribution in [0.1, 0.15) is 26.3 Å². The van der Waals surface area contributed by atoms with Crippen LogP contribution in [0, 0.1) is 0 Å². The summed E-state index contributed by atoms with van der Waals surface area (Å²) in [6.45, 7) is 6.68. The molecular formula is C28H24BrClO. The maximum absolute atomic E-state index is 6.35. The van der Waals surface area contributed by atoms with Gasteiger partial charge in [-0.05, 0) is 64.1 Å². The van der Waals surface area contributed by atoms with Crippen LogP contribution in [-0.2, 0) is 5.41 Å². The predicted molar refractivity (Wildman–Crippen MR) is 135 cm³/mol. The van der Waals surface area contributed by atoms with Crippen molar-refractivity contribution < 1.29 is 4.74 Å². The monoisotopic (exact) mass is 490 g/mol. The van der Waals surface area contributed by atoms with Crippen molar-refractivity contribution in [2.75, 3.05) is 0 Å². The summed E-state index contributed by atoms with van der Waals surface area (Å²) in [6.07, 6.45) is 0. The van der Waals surface area contributed by atoms with Crippen molar-refractivity contribution in [3.8, 4) is 33.8 Å². The van der Waals surface area contributed by atoms with E-state index in [0.29, 0.717) is 5.02 Å². The van der Waals surface area contributed by atoms with Gasteiger partial charge in [-0.3, -0.25) is 0 Å². The number of hydrogen-bond acceptors (Lipinski definition) is 1. The molecule has 4 rings (SSSR count). The lowest BCUT2D eigenvalue weighted by atomic mass is 9.86. The summed E-state index contributed by atoms with van der Waals surface area (Å²) in [5.74, 6) is 1.53. The highest BCUT2D eigenvalue weighted by Crippen LogP contribution is 2.38. The van der Waals surface area contributed by atoms with Gasteiger partial charge in [-0.1, -0.05) is 103 Å². The van der Waals surface area contributed by atoms with Crippen molar-refractivity contribution in [2.45, 2.75) is 26.2 Å². The minimum Gasteiger partial charge on any atom is -0.457 e. The second-order valence-corrected chi connectivity index (χ2v) is 9.96. The van der Waals surface area contributed by atoms with Crippen LogP contribution >= 0.6 is 27.5 Å². The van der Waals surface area contributed by atoms with E-state index in [0.717, 1.165) is 38.2 Å². The average molecular weight is 492 g/mol. The Bertz CT molecular complexity index is 1190. The van der Waals surface area contributed by atoms with Crippen LogP contribution in [0.4, 0.5) is 0 Å². The normalized spacial score (nSPS) is 11.4. The van der Waals surface area contributed by atoms with E-state index in [2.05, 4.69) is 85.2 Å². The predicted octanol–water partition coefficient (Wildman–Crippen LogP) is 9.53. The van der Waals surface area contributed by atoms with Crippen LogP contribution < -0.4 is 4.74 Å². The molecule has 3 heteroatoms. The molecule has 4 aromatic rings. The lowest BCUT2D eigenvalue weighted by Gasteiger charge is -2.19. The summed E-state index contributed by atoms with van der Waals surface area (Å²) in [7, 11) is 0. The van der Waals surface area contributed by atoms with E-state index in [1.165, 1.54) is 5.56 Å². The van der Waals surface area contributed by atoms with E-state index in [9.17, 15) is 0 Å². The molecule has 0 unspecified atom stereocenters. The van der Waals surface area contributed by atoms with E-state index < -0.39 is 0 Å². The molecule has 0 aliphatic rings. The fraction of sp³-hybridized carbons (Fsp3) is 0.143. The summed E-state index contributed by atoms with van der Waals surface area (Å²) in [5.41, 5.74) is 5.72. The average Bonchev–Trinajstić information content (AvgIpc) is 2.75. The van der Waals surface area contributed by atoms with Crippen LogP contribution in [0.3, 0.4) is 0 Å². The van der Waals surface area contributed by atoms with Crippen molar-refractivity contribution in [3.63, 3.8) is 0 Å². The topological polar surface area (TPSA) is 9.23 Å². The van der Waals surface area contributed by atoms with Gasteiger partial charge in [0.15, 0.2) is 0 Å². The number of rotatable bonds is 4. The zero-order valence-electron chi connectivity index (χ0n) is 17.8. The highest BCUT2D eigenvalue weighted by atomic mass is 79.9. The minimum absolute atomic E-state index is 0.131. The maximum Gasteiger partial charge on any atom is 0.135 e. The Hall–Kier alpha value is -2.55. The Morgan fingerprint density at radius 2 is 1.42 bits per heavy atom. The zero-order valence-corrected chi connectivity index (χ0v) is 20.2. The number of benzene rings is 4. The van der Waals surface area contributed by atoms with Crippen LogP contribution in [0.2, 0.25) is 5.02 Å². The lowest BCUT2D eigenvalue weighted by Crippen LogP contribution is -2.10. The summed E-state index contributed by atoms with van der Waals surface area (Å²) >= 11 is 9.93. The van der Waals surface area contributed by atoms with E-state index in [1.54, 1.807) is 0 Å². The van der Waals surface area contributed by atoms with Crippen molar-refractivity contribution in [1.29, 1.82) is 0 Å². The smallest absolute Gasteiger partial charge is 0.135 e. The van der Waals surface area contributed by atoms with Gasteiger partial charge in [0.2, 0.25) is 0 Å². The zero-order chi connectivity index (χ0) is 22.0. The first-order valence-corrected chi connectivity index (χ1v) is 11.4. The maximum atomic E-state index is 6.35. The lowest BCUT2D eigenvalue weighted by molar-refractivity contribution is 0.484. The molecule has 0 aromatic heterocycles. The van der Waals surface area contributed by atoms with E-state index in [1.807, 2.05) is 42.5 Å². The van der Waals surface area contributed by atoms with Crippen molar-refractivity contribution >= 4 is 27.5 Å². The third-order valence-corrected chi connectivity index (χ3v) is 5.90. The van der Waals surface area contributed by atoms with E-state index >= 15 is 0 Å². The van der Waals surface area contributed by atoms with Crippen molar-refractivity contribution in [2.24, 2.45) is 0 Å². The Balaban J connectivity index is 1.69. The van der Waals surface area contributed by atoms with Gasteiger partial charge in [-0.25, -0.2) is 0 Å². The first-order valence-electron chi connectivity index (χ1n) is 10.2. The van der Waals surface area contributed by atoms with Crippen LogP contribution in [0.25, 0.3) is 22.3 Å². The third-order valence-electron chi connectivity index (χ3n) is 5.21. The highest BCUT2D eigenvalue weighted by molar-refractivity contribution is 9.10. The Morgan fingerprint density at radius 1 is 0.710 bits per heavy atom. The molecule has 0 N–H and O–H groups in total. The summed E-state index contributed by atoms with van der Waals surface area (Å²) in [6, 6.07) is 30.8. The van der Waals surface area contributed by atoms with Gasteiger partial charge in [0, 0.05) is 15.1 Å². The highest BCUT2D eigenvalue weighted by Gasteiger charge is 2.14. The Kier molecular flexibility index (Phi) is 6.22. The third kappa shape index (κ3) is 5.20. The van der Waals surface area contributed by atoms with Gasteiger partial charge in [-0.2, -0.15) is 0 Å². The molecule has 0 aliphatic heterocycles. The molecule has 0 atom stereocenters. The van der Waals surface area contributed by atoms with Gasteiger partial charge < -0.3 is 4.74 Å². The molecule has 0 saturated heterocycles. The van der Waals surface area contributed by atoms with Gasteiger partial charge in [0.05, 0.1) is 0 Å². The second-order valence-electron chi connectivity index (χ2n) is 8.61. The van der Waals surface area contributed by atoms with Crippen LogP contribution in [0.5, 0.6) is 11.5 Å². The molecule has 31 heavy (non-hydrogen) atoms. The molecule has 156 valence electrons. The molecule has 0 aliphatic carbocycles. The number of hydrogen-bond donors (Lipinski definition) is 0. The first-order chi connectivity index (χ1) is 14.8. The van der Waals surface area contributed by atoms with Crippen molar-refractivity contribution in [3.05, 3.63) is 106 Å². The standard InChI is InChI=1S/C28H24BrClO/c1-28(2,3)22-11-9-19(10-12-22)21-15-23(29)17-25(16-21)31-27-14-13-24(30)18-26(27)20-7-5-4-6-8-20/h4-18H,1-3H3. The van der Waals surface area contributed by atoms with E-state index in [-0.39, 0.29) is 5.41 Å². The molecule has 0 radical (unpaired) electrons. The summed E-state index contributed by atoms with van der Waals surface area (Å²) in [5, 5.41) is 0.681. The van der Waals surface area contributed by atoms with Crippen LogP contribution in [-0.4, -0.2) is 0 Å². The number of ether oxygens (including phenoxy) is 1. The fourth-order valence-electron chi connectivity index (χ4n) is 3.51. The van der Waals surface area contributed by atoms with Crippen LogP contribution in [0.15, 0.2) is 95.5 Å². The molecule has 0 spiro atoms. The molecule has 0 heterocycles. The summed E-state index contributed by atoms with van der Waals surface area (Å²) in [4.78, 5) is 0. The SMILES string of the molecule is CC(C)(C)c1ccc(-c2cc(Br)cc(Oc3ccc(Cl)cc3-c3ccccc3)c2)cc1. The molecule has 1 nitrogen and oxygen atoms in total. The molecule has 0 fully saturated rings. The second kappa shape index (κ2) is 8.90. The quantitative estimate of drug-likeness (QED) is 0.276. The molecule has 0 saturated carbocycles. The summed E-state index contributed by atoms with van der Waals surface area (Å²) < 4.78 is 7.32. The van der Waals surface area contributed by atoms with Crippen molar-refractivity contribution in [1.82, 2.24) is 0 Å². The van der Waals surface area contributed by atoms with Gasteiger partial charge >= 0.3 is 0 Å².